The van der Waals surface area contributed by atoms with E-state index >= 15 is 0 Å². The van der Waals surface area contributed by atoms with Crippen molar-refractivity contribution in [2.45, 2.75) is 9.92 Å². The Morgan fingerprint density at radius 1 is 1.17 bits per heavy atom. The van der Waals surface area contributed by atoms with Crippen LogP contribution in [0, 0.1) is 0 Å². The number of hydrogen-bond donors (Lipinski definition) is 0. The highest BCUT2D eigenvalue weighted by molar-refractivity contribution is 7.99. The van der Waals surface area contributed by atoms with Crippen LogP contribution < -0.4 is 0 Å². The van der Waals surface area contributed by atoms with E-state index in [1.807, 2.05) is 37.5 Å². The van der Waals surface area contributed by atoms with E-state index in [9.17, 15) is 0 Å². The minimum Gasteiger partial charge on any atom is -0.275 e. The molecule has 0 saturated heterocycles. The predicted molar refractivity (Wildman–Crippen MR) is 71.9 cm³/mol. The fourth-order valence-corrected chi connectivity index (χ4v) is 2.79. The molecular formula is C12H9ClN4S. The third-order valence-corrected chi connectivity index (χ3v) is 3.72. The van der Waals surface area contributed by atoms with Gasteiger partial charge in [-0.05, 0) is 0 Å². The molecule has 0 atom stereocenters. The van der Waals surface area contributed by atoms with E-state index in [-0.39, 0.29) is 0 Å². The van der Waals surface area contributed by atoms with Crippen LogP contribution in [0.1, 0.15) is 0 Å². The van der Waals surface area contributed by atoms with Gasteiger partial charge in [-0.1, -0.05) is 47.6 Å². The van der Waals surface area contributed by atoms with E-state index in [1.165, 1.54) is 11.8 Å². The molecule has 1 aromatic carbocycles. The summed E-state index contributed by atoms with van der Waals surface area (Å²) in [6.45, 7) is 0. The summed E-state index contributed by atoms with van der Waals surface area (Å²) in [5.74, 6) is 0. The largest absolute Gasteiger partial charge is 0.275 e. The molecule has 0 radical (unpaired) electrons. The van der Waals surface area contributed by atoms with Crippen molar-refractivity contribution in [3.63, 3.8) is 0 Å². The molecule has 0 spiro atoms. The van der Waals surface area contributed by atoms with Gasteiger partial charge in [0.25, 0.3) is 0 Å². The maximum absolute atomic E-state index is 6.04. The summed E-state index contributed by atoms with van der Waals surface area (Å²) < 4.78 is 1.76. The summed E-state index contributed by atoms with van der Waals surface area (Å²) in [6.07, 6.45) is 3.74. The highest BCUT2D eigenvalue weighted by Crippen LogP contribution is 2.32. The summed E-state index contributed by atoms with van der Waals surface area (Å²) in [5.41, 5.74) is 0. The van der Waals surface area contributed by atoms with Crippen molar-refractivity contribution in [2.24, 2.45) is 7.05 Å². The molecule has 0 aliphatic carbocycles. The Kier molecular flexibility index (Phi) is 2.93. The van der Waals surface area contributed by atoms with Gasteiger partial charge < -0.3 is 0 Å². The molecule has 2 aromatic heterocycles. The maximum Gasteiger partial charge on any atom is 0.159 e. The molecular weight excluding hydrogens is 268 g/mol. The van der Waals surface area contributed by atoms with E-state index in [2.05, 4.69) is 15.3 Å². The Labute approximate surface area is 113 Å². The van der Waals surface area contributed by atoms with Gasteiger partial charge in [0.2, 0.25) is 0 Å². The van der Waals surface area contributed by atoms with Gasteiger partial charge in [-0.2, -0.15) is 5.10 Å². The molecule has 0 unspecified atom stereocenters. The zero-order valence-electron chi connectivity index (χ0n) is 9.54. The molecule has 0 saturated carbocycles. The van der Waals surface area contributed by atoms with Crippen molar-refractivity contribution < 1.29 is 0 Å². The molecule has 0 fully saturated rings. The molecule has 90 valence electrons. The number of aryl methyl sites for hydroxylation is 1. The molecule has 3 rings (SSSR count). The van der Waals surface area contributed by atoms with Crippen molar-refractivity contribution in [2.75, 3.05) is 0 Å². The standard InChI is InChI=1S/C12H9ClN4S/c1-17-7-8(6-14-17)18-12-10-5-3-2-4-9(10)11(13)15-16-12/h2-7H,1H3. The van der Waals surface area contributed by atoms with Crippen LogP contribution in [0.25, 0.3) is 10.8 Å². The number of fused-ring (bicyclic) bond motifs is 1. The minimum atomic E-state index is 0.432. The van der Waals surface area contributed by atoms with Gasteiger partial charge >= 0.3 is 0 Å². The summed E-state index contributed by atoms with van der Waals surface area (Å²) in [4.78, 5) is 1.03. The van der Waals surface area contributed by atoms with Gasteiger partial charge in [0, 0.05) is 24.0 Å². The maximum atomic E-state index is 6.04. The molecule has 6 heteroatoms. The minimum absolute atomic E-state index is 0.432. The van der Waals surface area contributed by atoms with Crippen molar-refractivity contribution >= 4 is 34.1 Å². The molecule has 0 N–H and O–H groups in total. The van der Waals surface area contributed by atoms with E-state index in [1.54, 1.807) is 10.9 Å². The molecule has 0 amide bonds. The molecule has 4 nitrogen and oxygen atoms in total. The Hall–Kier alpha value is -1.59. The van der Waals surface area contributed by atoms with Crippen LogP contribution in [0.4, 0.5) is 0 Å². The highest BCUT2D eigenvalue weighted by atomic mass is 35.5. The lowest BCUT2D eigenvalue weighted by molar-refractivity contribution is 0.766. The molecule has 18 heavy (non-hydrogen) atoms. The second kappa shape index (κ2) is 4.59. The van der Waals surface area contributed by atoms with E-state index in [0.29, 0.717) is 5.15 Å². The van der Waals surface area contributed by atoms with Crippen LogP contribution in [-0.4, -0.2) is 20.0 Å². The normalized spacial score (nSPS) is 11.0. The quantitative estimate of drug-likeness (QED) is 0.721. The predicted octanol–water partition coefficient (Wildman–Crippen LogP) is 3.17. The lowest BCUT2D eigenvalue weighted by atomic mass is 10.2. The lowest BCUT2D eigenvalue weighted by Crippen LogP contribution is -1.89. The fourth-order valence-electron chi connectivity index (χ4n) is 1.69. The third-order valence-electron chi connectivity index (χ3n) is 2.50. The van der Waals surface area contributed by atoms with Crippen LogP contribution in [0.5, 0.6) is 0 Å². The van der Waals surface area contributed by atoms with E-state index in [4.69, 9.17) is 11.6 Å². The van der Waals surface area contributed by atoms with Crippen molar-refractivity contribution in [3.05, 3.63) is 41.8 Å². The van der Waals surface area contributed by atoms with Gasteiger partial charge in [-0.15, -0.1) is 10.2 Å². The van der Waals surface area contributed by atoms with Gasteiger partial charge in [0.05, 0.1) is 11.1 Å². The fraction of sp³-hybridized carbons (Fsp3) is 0.0833. The second-order valence-corrected chi connectivity index (χ2v) is 5.21. The molecule has 0 aliphatic heterocycles. The van der Waals surface area contributed by atoms with Crippen LogP contribution >= 0.6 is 23.4 Å². The average Bonchev–Trinajstić information content (AvgIpc) is 2.79. The van der Waals surface area contributed by atoms with E-state index < -0.39 is 0 Å². The number of aromatic nitrogens is 4. The zero-order chi connectivity index (χ0) is 12.5. The number of nitrogens with zero attached hydrogens (tertiary/aromatic N) is 4. The van der Waals surface area contributed by atoms with Crippen LogP contribution in [0.2, 0.25) is 5.15 Å². The highest BCUT2D eigenvalue weighted by Gasteiger charge is 2.09. The van der Waals surface area contributed by atoms with Gasteiger partial charge in [0.1, 0.15) is 5.03 Å². The summed E-state index contributed by atoms with van der Waals surface area (Å²) >= 11 is 7.57. The Bertz CT molecular complexity index is 710. The molecule has 3 aromatic rings. The topological polar surface area (TPSA) is 43.6 Å². The first-order valence-electron chi connectivity index (χ1n) is 5.31. The molecule has 0 aliphatic rings. The first-order valence-corrected chi connectivity index (χ1v) is 6.51. The number of benzene rings is 1. The summed E-state index contributed by atoms with van der Waals surface area (Å²) in [5, 5.41) is 15.5. The zero-order valence-corrected chi connectivity index (χ0v) is 11.1. The number of rotatable bonds is 2. The first kappa shape index (κ1) is 11.5. The number of halogens is 1. The van der Waals surface area contributed by atoms with Crippen molar-refractivity contribution in [3.8, 4) is 0 Å². The van der Waals surface area contributed by atoms with Crippen LogP contribution in [-0.2, 0) is 7.05 Å². The molecule has 2 heterocycles. The van der Waals surface area contributed by atoms with Gasteiger partial charge in [-0.25, -0.2) is 0 Å². The van der Waals surface area contributed by atoms with Crippen LogP contribution in [0.15, 0.2) is 46.6 Å². The second-order valence-electron chi connectivity index (χ2n) is 3.79. The summed E-state index contributed by atoms with van der Waals surface area (Å²) in [6, 6.07) is 7.84. The van der Waals surface area contributed by atoms with Crippen molar-refractivity contribution in [1.29, 1.82) is 0 Å². The smallest absolute Gasteiger partial charge is 0.159 e. The van der Waals surface area contributed by atoms with Crippen LogP contribution in [0.3, 0.4) is 0 Å². The average molecular weight is 277 g/mol. The SMILES string of the molecule is Cn1cc(Sc2nnc(Cl)c3ccccc23)cn1. The van der Waals surface area contributed by atoms with Gasteiger partial charge in [0.15, 0.2) is 5.15 Å². The Morgan fingerprint density at radius 2 is 1.94 bits per heavy atom. The van der Waals surface area contributed by atoms with Gasteiger partial charge in [-0.3, -0.25) is 4.68 Å². The monoisotopic (exact) mass is 276 g/mol. The molecule has 0 bridgehead atoms. The Balaban J connectivity index is 2.09. The first-order chi connectivity index (χ1) is 8.74. The lowest BCUT2D eigenvalue weighted by Gasteiger charge is -2.03. The van der Waals surface area contributed by atoms with Crippen molar-refractivity contribution in [1.82, 2.24) is 20.0 Å². The number of hydrogen-bond acceptors (Lipinski definition) is 4. The summed E-state index contributed by atoms with van der Waals surface area (Å²) in [7, 11) is 1.88. The third kappa shape index (κ3) is 2.07. The van der Waals surface area contributed by atoms with E-state index in [0.717, 1.165) is 20.7 Å². The Morgan fingerprint density at radius 3 is 2.67 bits per heavy atom.